The minimum Gasteiger partial charge on any atom is -0.352 e. The van der Waals surface area contributed by atoms with Crippen molar-refractivity contribution >= 4 is 5.91 Å². The molecule has 0 unspecified atom stereocenters. The maximum Gasteiger partial charge on any atom is 0.220 e. The van der Waals surface area contributed by atoms with Gasteiger partial charge in [-0.25, -0.2) is 0 Å². The summed E-state index contributed by atoms with van der Waals surface area (Å²) in [7, 11) is 0. The van der Waals surface area contributed by atoms with E-state index in [9.17, 15) is 4.79 Å². The molecule has 0 heterocycles. The Morgan fingerprint density at radius 3 is 1.73 bits per heavy atom. The minimum atomic E-state index is -0.0763. The average molecular weight is 161 g/mol. The van der Waals surface area contributed by atoms with E-state index in [0.717, 1.165) is 0 Å². The summed E-state index contributed by atoms with van der Waals surface area (Å²) < 4.78 is 0. The van der Waals surface area contributed by atoms with Crippen LogP contribution in [0.25, 0.3) is 0 Å². The van der Waals surface area contributed by atoms with Gasteiger partial charge in [-0.2, -0.15) is 0 Å². The van der Waals surface area contributed by atoms with Crippen molar-refractivity contribution in [2.45, 2.75) is 54.5 Å². The average Bonchev–Trinajstić information content (AvgIpc) is 1.62. The van der Waals surface area contributed by atoms with E-state index in [-0.39, 0.29) is 26.3 Å². The van der Waals surface area contributed by atoms with Crippen LogP contribution in [0.15, 0.2) is 0 Å². The highest BCUT2D eigenvalue weighted by atomic mass is 16.1. The molecule has 2 nitrogen and oxygen atoms in total. The standard InChI is InChI=1S/C7H15NO.2CH4/c1-5-6(9)8-7(2,3)4;;/h5H2,1-4H3,(H,8,9);2*1H4. The van der Waals surface area contributed by atoms with Crippen LogP contribution in [0.2, 0.25) is 0 Å². The van der Waals surface area contributed by atoms with Crippen molar-refractivity contribution in [2.24, 2.45) is 0 Å². The first-order valence-corrected chi connectivity index (χ1v) is 3.26. The van der Waals surface area contributed by atoms with Gasteiger partial charge in [0.1, 0.15) is 0 Å². The van der Waals surface area contributed by atoms with Gasteiger partial charge in [0, 0.05) is 12.0 Å². The van der Waals surface area contributed by atoms with Crippen LogP contribution in [0, 0.1) is 0 Å². The predicted molar refractivity (Wildman–Crippen MR) is 51.6 cm³/mol. The molecule has 0 saturated heterocycles. The van der Waals surface area contributed by atoms with Gasteiger partial charge in [0.15, 0.2) is 0 Å². The second kappa shape index (κ2) is 6.20. The number of hydrogen-bond acceptors (Lipinski definition) is 1. The topological polar surface area (TPSA) is 29.1 Å². The largest absolute Gasteiger partial charge is 0.352 e. The Bertz CT molecular complexity index is 103. The summed E-state index contributed by atoms with van der Waals surface area (Å²) in [5.74, 6) is 0.113. The fourth-order valence-electron chi connectivity index (χ4n) is 0.507. The van der Waals surface area contributed by atoms with E-state index in [1.165, 1.54) is 0 Å². The van der Waals surface area contributed by atoms with Gasteiger partial charge in [-0.15, -0.1) is 0 Å². The highest BCUT2D eigenvalue weighted by molar-refractivity contribution is 5.76. The highest BCUT2D eigenvalue weighted by Gasteiger charge is 2.10. The molecule has 70 valence electrons. The molecule has 0 aromatic heterocycles. The monoisotopic (exact) mass is 161 g/mol. The lowest BCUT2D eigenvalue weighted by molar-refractivity contribution is -0.122. The maximum absolute atomic E-state index is 10.7. The zero-order valence-corrected chi connectivity index (χ0v) is 6.62. The molecule has 11 heavy (non-hydrogen) atoms. The molecule has 0 aromatic carbocycles. The molecule has 0 rings (SSSR count). The molecule has 0 spiro atoms. The molecule has 1 N–H and O–H groups in total. The summed E-state index contributed by atoms with van der Waals surface area (Å²) in [6.07, 6.45) is 0.567. The third kappa shape index (κ3) is 12.6. The summed E-state index contributed by atoms with van der Waals surface area (Å²) in [5.41, 5.74) is -0.0763. The molecule has 0 bridgehead atoms. The molecule has 1 amide bonds. The van der Waals surface area contributed by atoms with Crippen LogP contribution in [0.4, 0.5) is 0 Å². The van der Waals surface area contributed by atoms with Crippen LogP contribution < -0.4 is 5.32 Å². The van der Waals surface area contributed by atoms with E-state index < -0.39 is 0 Å². The van der Waals surface area contributed by atoms with E-state index in [0.29, 0.717) is 6.42 Å². The SMILES string of the molecule is C.C.CCC(=O)NC(C)(C)C. The van der Waals surface area contributed by atoms with Crippen LogP contribution in [-0.4, -0.2) is 11.4 Å². The molecule has 0 radical (unpaired) electrons. The van der Waals surface area contributed by atoms with E-state index in [1.54, 1.807) is 0 Å². The van der Waals surface area contributed by atoms with Gasteiger partial charge >= 0.3 is 0 Å². The molecule has 0 saturated carbocycles. The van der Waals surface area contributed by atoms with Crippen molar-refractivity contribution in [3.05, 3.63) is 0 Å². The van der Waals surface area contributed by atoms with Crippen molar-refractivity contribution in [2.75, 3.05) is 0 Å². The molecule has 2 heteroatoms. The summed E-state index contributed by atoms with van der Waals surface area (Å²) >= 11 is 0. The molecule has 0 aromatic rings. The zero-order chi connectivity index (χ0) is 7.49. The van der Waals surface area contributed by atoms with E-state index >= 15 is 0 Å². The number of rotatable bonds is 1. The van der Waals surface area contributed by atoms with E-state index in [4.69, 9.17) is 0 Å². The number of amides is 1. The van der Waals surface area contributed by atoms with Gasteiger partial charge in [-0.3, -0.25) is 4.79 Å². The molecule has 0 fully saturated rings. The van der Waals surface area contributed by atoms with Crippen LogP contribution in [0.3, 0.4) is 0 Å². The van der Waals surface area contributed by atoms with Gasteiger partial charge in [0.05, 0.1) is 0 Å². The number of hydrogen-bond donors (Lipinski definition) is 1. The van der Waals surface area contributed by atoms with Gasteiger partial charge < -0.3 is 5.32 Å². The van der Waals surface area contributed by atoms with Gasteiger partial charge in [-0.1, -0.05) is 21.8 Å². The lowest BCUT2D eigenvalue weighted by Crippen LogP contribution is -2.40. The van der Waals surface area contributed by atoms with Crippen LogP contribution in [0.1, 0.15) is 49.0 Å². The van der Waals surface area contributed by atoms with Crippen molar-refractivity contribution < 1.29 is 4.79 Å². The van der Waals surface area contributed by atoms with Gasteiger partial charge in [-0.05, 0) is 20.8 Å². The Labute approximate surface area is 71.4 Å². The van der Waals surface area contributed by atoms with Crippen LogP contribution in [-0.2, 0) is 4.79 Å². The zero-order valence-electron chi connectivity index (χ0n) is 6.62. The maximum atomic E-state index is 10.7. The highest BCUT2D eigenvalue weighted by Crippen LogP contribution is 1.98. The number of nitrogens with one attached hydrogen (secondary N) is 1. The fourth-order valence-corrected chi connectivity index (χ4v) is 0.507. The van der Waals surface area contributed by atoms with Crippen LogP contribution in [0.5, 0.6) is 0 Å². The lowest BCUT2D eigenvalue weighted by Gasteiger charge is -2.19. The third-order valence-corrected chi connectivity index (χ3v) is 0.836. The van der Waals surface area contributed by atoms with E-state index in [1.807, 2.05) is 27.7 Å². The first-order valence-electron chi connectivity index (χ1n) is 3.26. The smallest absolute Gasteiger partial charge is 0.220 e. The summed E-state index contributed by atoms with van der Waals surface area (Å²) in [4.78, 5) is 10.7. The molecule has 0 aliphatic rings. The second-order valence-electron chi connectivity index (χ2n) is 3.15. The molecular formula is C9H23NO. The Kier molecular flexibility index (Phi) is 9.48. The Balaban J connectivity index is -0.000000320. The minimum absolute atomic E-state index is 0. The Morgan fingerprint density at radius 1 is 1.27 bits per heavy atom. The predicted octanol–water partition coefficient (Wildman–Crippen LogP) is 2.58. The Hall–Kier alpha value is -0.530. The quantitative estimate of drug-likeness (QED) is 0.629. The van der Waals surface area contributed by atoms with E-state index in [2.05, 4.69) is 5.32 Å². The van der Waals surface area contributed by atoms with Crippen molar-refractivity contribution in [1.82, 2.24) is 5.32 Å². The second-order valence-corrected chi connectivity index (χ2v) is 3.15. The summed E-state index contributed by atoms with van der Waals surface area (Å²) in [6.45, 7) is 7.77. The van der Waals surface area contributed by atoms with Crippen LogP contribution >= 0.6 is 0 Å². The van der Waals surface area contributed by atoms with Gasteiger partial charge in [0.25, 0.3) is 0 Å². The summed E-state index contributed by atoms with van der Waals surface area (Å²) in [6, 6.07) is 0. The molecular weight excluding hydrogens is 138 g/mol. The normalized spacial score (nSPS) is 9.09. The Morgan fingerprint density at radius 2 is 1.64 bits per heavy atom. The third-order valence-electron chi connectivity index (χ3n) is 0.836. The lowest BCUT2D eigenvalue weighted by atomic mass is 10.1. The first-order chi connectivity index (χ1) is 3.95. The number of carbonyl (C=O) groups excluding carboxylic acids is 1. The van der Waals surface area contributed by atoms with Gasteiger partial charge in [0.2, 0.25) is 5.91 Å². The molecule has 0 atom stereocenters. The first kappa shape index (κ1) is 16.8. The van der Waals surface area contributed by atoms with Crippen molar-refractivity contribution in [3.8, 4) is 0 Å². The summed E-state index contributed by atoms with van der Waals surface area (Å²) in [5, 5.41) is 2.83. The van der Waals surface area contributed by atoms with Crippen molar-refractivity contribution in [1.29, 1.82) is 0 Å². The molecule has 0 aliphatic carbocycles. The van der Waals surface area contributed by atoms with Crippen molar-refractivity contribution in [3.63, 3.8) is 0 Å². The number of carbonyl (C=O) groups is 1. The fraction of sp³-hybridized carbons (Fsp3) is 0.889. The molecule has 0 aliphatic heterocycles.